The molecule has 1 aliphatic rings. The first-order valence-electron chi connectivity index (χ1n) is 6.46. The van der Waals surface area contributed by atoms with Crippen molar-refractivity contribution in [3.8, 4) is 0 Å². The molecule has 0 aliphatic carbocycles. The van der Waals surface area contributed by atoms with Gasteiger partial charge < -0.3 is 10.3 Å². The Kier molecular flexibility index (Phi) is 4.15. The lowest BCUT2D eigenvalue weighted by molar-refractivity contribution is 0.0689. The Morgan fingerprint density at radius 1 is 1.56 bits per heavy atom. The van der Waals surface area contributed by atoms with E-state index in [1.165, 1.54) is 6.42 Å². The maximum Gasteiger partial charge on any atom is 0.256 e. The lowest BCUT2D eigenvalue weighted by Crippen LogP contribution is -2.38. The number of hydrazine groups is 1. The zero-order valence-corrected chi connectivity index (χ0v) is 10.7. The SMILES string of the molecule is CCC1CCN(C(=O)c2ccncc2NN)CC1. The highest BCUT2D eigenvalue weighted by Gasteiger charge is 2.24. The molecule has 0 radical (unpaired) electrons. The number of hydrogen-bond acceptors (Lipinski definition) is 4. The van der Waals surface area contributed by atoms with Gasteiger partial charge in [-0.15, -0.1) is 0 Å². The number of aromatic nitrogens is 1. The fraction of sp³-hybridized carbons (Fsp3) is 0.538. The zero-order chi connectivity index (χ0) is 13.0. The topological polar surface area (TPSA) is 71.2 Å². The van der Waals surface area contributed by atoms with Gasteiger partial charge in [-0.1, -0.05) is 13.3 Å². The molecular formula is C13H20N4O. The van der Waals surface area contributed by atoms with E-state index in [2.05, 4.69) is 17.3 Å². The molecule has 1 fully saturated rings. The van der Waals surface area contributed by atoms with Crippen molar-refractivity contribution in [2.45, 2.75) is 26.2 Å². The molecule has 0 bridgehead atoms. The Balaban J connectivity index is 2.08. The van der Waals surface area contributed by atoms with E-state index >= 15 is 0 Å². The Hall–Kier alpha value is -1.62. The molecule has 5 heteroatoms. The van der Waals surface area contributed by atoms with E-state index in [1.807, 2.05) is 4.90 Å². The van der Waals surface area contributed by atoms with Crippen LogP contribution in [0.25, 0.3) is 0 Å². The van der Waals surface area contributed by atoms with Gasteiger partial charge in [-0.05, 0) is 24.8 Å². The number of likely N-dealkylation sites (tertiary alicyclic amines) is 1. The molecule has 1 aromatic heterocycles. The second-order valence-electron chi connectivity index (χ2n) is 4.71. The minimum Gasteiger partial charge on any atom is -0.339 e. The molecule has 98 valence electrons. The minimum atomic E-state index is 0.0416. The van der Waals surface area contributed by atoms with Gasteiger partial charge in [0, 0.05) is 19.3 Å². The van der Waals surface area contributed by atoms with Crippen molar-refractivity contribution in [1.29, 1.82) is 0 Å². The number of carbonyl (C=O) groups excluding carboxylic acids is 1. The summed E-state index contributed by atoms with van der Waals surface area (Å²) in [7, 11) is 0. The summed E-state index contributed by atoms with van der Waals surface area (Å²) in [6, 6.07) is 1.71. The summed E-state index contributed by atoms with van der Waals surface area (Å²) in [4.78, 5) is 18.2. The molecule has 0 unspecified atom stereocenters. The lowest BCUT2D eigenvalue weighted by atomic mass is 9.94. The van der Waals surface area contributed by atoms with Crippen LogP contribution < -0.4 is 11.3 Å². The van der Waals surface area contributed by atoms with E-state index in [-0.39, 0.29) is 5.91 Å². The van der Waals surface area contributed by atoms with Crippen LogP contribution in [0.2, 0.25) is 0 Å². The Morgan fingerprint density at radius 2 is 2.28 bits per heavy atom. The number of nitrogen functional groups attached to an aromatic ring is 1. The van der Waals surface area contributed by atoms with Crippen LogP contribution in [0.1, 0.15) is 36.5 Å². The van der Waals surface area contributed by atoms with Crippen molar-refractivity contribution in [3.05, 3.63) is 24.0 Å². The second-order valence-corrected chi connectivity index (χ2v) is 4.71. The molecular weight excluding hydrogens is 228 g/mol. The normalized spacial score (nSPS) is 16.7. The first-order valence-corrected chi connectivity index (χ1v) is 6.46. The Morgan fingerprint density at radius 3 is 2.89 bits per heavy atom. The van der Waals surface area contributed by atoms with Gasteiger partial charge in [0.15, 0.2) is 0 Å². The van der Waals surface area contributed by atoms with Crippen LogP contribution in [0.4, 0.5) is 5.69 Å². The van der Waals surface area contributed by atoms with Gasteiger partial charge in [-0.2, -0.15) is 0 Å². The smallest absolute Gasteiger partial charge is 0.256 e. The number of anilines is 1. The zero-order valence-electron chi connectivity index (χ0n) is 10.7. The van der Waals surface area contributed by atoms with Gasteiger partial charge in [-0.25, -0.2) is 0 Å². The van der Waals surface area contributed by atoms with Crippen LogP contribution in [-0.4, -0.2) is 28.9 Å². The van der Waals surface area contributed by atoms with Gasteiger partial charge in [0.05, 0.1) is 17.4 Å². The van der Waals surface area contributed by atoms with Crippen molar-refractivity contribution < 1.29 is 4.79 Å². The third-order valence-electron chi connectivity index (χ3n) is 3.69. The average Bonchev–Trinajstić information content (AvgIpc) is 2.46. The van der Waals surface area contributed by atoms with Crippen LogP contribution in [-0.2, 0) is 0 Å². The van der Waals surface area contributed by atoms with Crippen LogP contribution >= 0.6 is 0 Å². The number of amides is 1. The first kappa shape index (κ1) is 12.8. The van der Waals surface area contributed by atoms with Gasteiger partial charge >= 0.3 is 0 Å². The summed E-state index contributed by atoms with van der Waals surface area (Å²) in [5.41, 5.74) is 3.71. The molecule has 2 rings (SSSR count). The summed E-state index contributed by atoms with van der Waals surface area (Å²) in [5, 5.41) is 0. The quantitative estimate of drug-likeness (QED) is 0.630. The highest BCUT2D eigenvalue weighted by molar-refractivity contribution is 5.99. The summed E-state index contributed by atoms with van der Waals surface area (Å²) in [6.45, 7) is 3.88. The number of nitrogens with zero attached hydrogens (tertiary/aromatic N) is 2. The van der Waals surface area contributed by atoms with Gasteiger partial charge in [0.25, 0.3) is 5.91 Å². The Labute approximate surface area is 107 Å². The van der Waals surface area contributed by atoms with Crippen molar-refractivity contribution in [2.24, 2.45) is 11.8 Å². The maximum atomic E-state index is 12.4. The number of nitrogens with one attached hydrogen (secondary N) is 1. The molecule has 2 heterocycles. The summed E-state index contributed by atoms with van der Waals surface area (Å²) >= 11 is 0. The van der Waals surface area contributed by atoms with Crippen molar-refractivity contribution in [1.82, 2.24) is 9.88 Å². The lowest BCUT2D eigenvalue weighted by Gasteiger charge is -2.31. The molecule has 5 nitrogen and oxygen atoms in total. The first-order chi connectivity index (χ1) is 8.76. The molecule has 0 saturated carbocycles. The molecule has 1 aliphatic heterocycles. The van der Waals surface area contributed by atoms with Gasteiger partial charge in [0.2, 0.25) is 0 Å². The van der Waals surface area contributed by atoms with Crippen LogP contribution in [0.5, 0.6) is 0 Å². The van der Waals surface area contributed by atoms with Crippen LogP contribution in [0, 0.1) is 5.92 Å². The van der Waals surface area contributed by atoms with Gasteiger partial charge in [0.1, 0.15) is 0 Å². The number of rotatable bonds is 3. The number of pyridine rings is 1. The van der Waals surface area contributed by atoms with Gasteiger partial charge in [-0.3, -0.25) is 15.6 Å². The molecule has 1 saturated heterocycles. The van der Waals surface area contributed by atoms with Crippen LogP contribution in [0.15, 0.2) is 18.5 Å². The van der Waals surface area contributed by atoms with E-state index < -0.39 is 0 Å². The van der Waals surface area contributed by atoms with Crippen molar-refractivity contribution >= 4 is 11.6 Å². The average molecular weight is 248 g/mol. The van der Waals surface area contributed by atoms with E-state index in [4.69, 9.17) is 5.84 Å². The van der Waals surface area contributed by atoms with Crippen molar-refractivity contribution in [2.75, 3.05) is 18.5 Å². The number of carbonyl (C=O) groups is 1. The summed E-state index contributed by atoms with van der Waals surface area (Å²) < 4.78 is 0. The predicted octanol–water partition coefficient (Wildman–Crippen LogP) is 1.63. The second kappa shape index (κ2) is 5.82. The Bertz CT molecular complexity index is 413. The number of hydrogen-bond donors (Lipinski definition) is 2. The molecule has 1 amide bonds. The highest BCUT2D eigenvalue weighted by atomic mass is 16.2. The van der Waals surface area contributed by atoms with E-state index in [1.54, 1.807) is 18.5 Å². The van der Waals surface area contributed by atoms with E-state index in [0.717, 1.165) is 31.8 Å². The summed E-state index contributed by atoms with van der Waals surface area (Å²) in [5.74, 6) is 6.20. The fourth-order valence-electron chi connectivity index (χ4n) is 2.41. The standard InChI is InChI=1S/C13H20N4O/c1-2-10-4-7-17(8-5-10)13(18)11-3-6-15-9-12(11)16-14/h3,6,9-10,16H,2,4-5,7-8,14H2,1H3. The highest BCUT2D eigenvalue weighted by Crippen LogP contribution is 2.23. The van der Waals surface area contributed by atoms with E-state index in [9.17, 15) is 4.79 Å². The maximum absolute atomic E-state index is 12.4. The molecule has 1 aromatic rings. The number of piperidine rings is 1. The van der Waals surface area contributed by atoms with Crippen LogP contribution in [0.3, 0.4) is 0 Å². The largest absolute Gasteiger partial charge is 0.339 e. The van der Waals surface area contributed by atoms with Crippen molar-refractivity contribution in [3.63, 3.8) is 0 Å². The van der Waals surface area contributed by atoms with E-state index in [0.29, 0.717) is 11.3 Å². The third-order valence-corrected chi connectivity index (χ3v) is 3.69. The molecule has 0 aromatic carbocycles. The number of nitrogens with two attached hydrogens (primary N) is 1. The molecule has 18 heavy (non-hydrogen) atoms. The molecule has 0 atom stereocenters. The summed E-state index contributed by atoms with van der Waals surface area (Å²) in [6.07, 6.45) is 6.59. The molecule has 0 spiro atoms. The fourth-order valence-corrected chi connectivity index (χ4v) is 2.41. The molecule has 3 N–H and O–H groups in total. The monoisotopic (exact) mass is 248 g/mol. The third kappa shape index (κ3) is 2.61. The predicted molar refractivity (Wildman–Crippen MR) is 71.0 cm³/mol. The minimum absolute atomic E-state index is 0.0416.